The maximum absolute atomic E-state index is 9.57. The summed E-state index contributed by atoms with van der Waals surface area (Å²) in [5.41, 5.74) is 10.3. The van der Waals surface area contributed by atoms with Crippen LogP contribution in [0, 0.1) is 6.57 Å². The van der Waals surface area contributed by atoms with E-state index in [4.69, 9.17) is 12.3 Å². The van der Waals surface area contributed by atoms with Crippen LogP contribution in [0.15, 0.2) is 42.5 Å². The van der Waals surface area contributed by atoms with E-state index in [9.17, 15) is 5.11 Å². The van der Waals surface area contributed by atoms with Crippen LogP contribution in [0.1, 0.15) is 18.8 Å². The van der Waals surface area contributed by atoms with E-state index in [-0.39, 0.29) is 0 Å². The molecule has 5 nitrogen and oxygen atoms in total. The lowest BCUT2D eigenvalue weighted by Crippen LogP contribution is -2.24. The fourth-order valence-electron chi connectivity index (χ4n) is 2.32. The van der Waals surface area contributed by atoms with Crippen LogP contribution in [-0.2, 0) is 0 Å². The van der Waals surface area contributed by atoms with Crippen molar-refractivity contribution in [1.29, 1.82) is 0 Å². The van der Waals surface area contributed by atoms with E-state index in [0.29, 0.717) is 11.5 Å². The number of aliphatic hydroxyl groups excluding tert-OH is 1. The van der Waals surface area contributed by atoms with Crippen molar-refractivity contribution >= 4 is 16.7 Å². The van der Waals surface area contributed by atoms with Gasteiger partial charge in [-0.15, -0.1) is 0 Å². The Kier molecular flexibility index (Phi) is 3.63. The number of rotatable bonds is 3. The first-order valence-electron chi connectivity index (χ1n) is 6.99. The number of hydrogen-bond donors (Lipinski definition) is 3. The van der Waals surface area contributed by atoms with Crippen molar-refractivity contribution in [3.05, 3.63) is 59.7 Å². The molecule has 0 aliphatic heterocycles. The molecule has 1 aromatic heterocycles. The summed E-state index contributed by atoms with van der Waals surface area (Å²) >= 11 is 0. The standard InChI is InChI=1S/C17H16N4O/c1-10(22)16(18)17-20-14-8-5-12(9-15(14)21-17)11-3-6-13(19-2)7-4-11/h3-10,16,22H,18H2,1H3,(H,20,21)/t10-,16-/m0/s1. The van der Waals surface area contributed by atoms with E-state index in [1.165, 1.54) is 0 Å². The second kappa shape index (κ2) is 5.60. The summed E-state index contributed by atoms with van der Waals surface area (Å²) in [6.07, 6.45) is -0.666. The van der Waals surface area contributed by atoms with Gasteiger partial charge in [-0.3, -0.25) is 0 Å². The first-order valence-corrected chi connectivity index (χ1v) is 6.99. The molecule has 0 spiro atoms. The molecule has 0 radical (unpaired) electrons. The van der Waals surface area contributed by atoms with Crippen molar-refractivity contribution in [3.63, 3.8) is 0 Å². The number of aliphatic hydroxyl groups is 1. The Morgan fingerprint density at radius 3 is 2.50 bits per heavy atom. The molecule has 0 saturated heterocycles. The SMILES string of the molecule is [C-]#[N+]c1ccc(-c2ccc3nc([C@@H](N)[C@H](C)O)[nH]c3c2)cc1. The van der Waals surface area contributed by atoms with Crippen LogP contribution in [0.5, 0.6) is 0 Å². The molecule has 0 aliphatic carbocycles. The third-order valence-electron chi connectivity index (χ3n) is 3.67. The Hall–Kier alpha value is -2.68. The quantitative estimate of drug-likeness (QED) is 0.649. The number of H-pyrrole nitrogens is 1. The lowest BCUT2D eigenvalue weighted by atomic mass is 10.0. The number of nitrogens with zero attached hydrogens (tertiary/aromatic N) is 2. The summed E-state index contributed by atoms with van der Waals surface area (Å²) in [6.45, 7) is 8.62. The summed E-state index contributed by atoms with van der Waals surface area (Å²) in [6, 6.07) is 12.8. The highest BCUT2D eigenvalue weighted by Gasteiger charge is 2.16. The van der Waals surface area contributed by atoms with E-state index < -0.39 is 12.1 Å². The van der Waals surface area contributed by atoms with E-state index in [1.54, 1.807) is 19.1 Å². The molecule has 3 rings (SSSR count). The zero-order chi connectivity index (χ0) is 15.7. The number of aromatic nitrogens is 2. The van der Waals surface area contributed by atoms with Gasteiger partial charge in [0.2, 0.25) is 0 Å². The fraction of sp³-hybridized carbons (Fsp3) is 0.176. The molecule has 3 aromatic rings. The molecular formula is C17H16N4O. The highest BCUT2D eigenvalue weighted by molar-refractivity contribution is 5.82. The van der Waals surface area contributed by atoms with Crippen LogP contribution in [0.25, 0.3) is 27.0 Å². The fourth-order valence-corrected chi connectivity index (χ4v) is 2.32. The molecule has 0 unspecified atom stereocenters. The van der Waals surface area contributed by atoms with E-state index >= 15 is 0 Å². The van der Waals surface area contributed by atoms with Gasteiger partial charge >= 0.3 is 0 Å². The van der Waals surface area contributed by atoms with Gasteiger partial charge in [0.15, 0.2) is 5.69 Å². The number of imidazole rings is 1. The molecule has 0 fully saturated rings. The van der Waals surface area contributed by atoms with Gasteiger partial charge < -0.3 is 15.8 Å². The predicted molar refractivity (Wildman–Crippen MR) is 86.4 cm³/mol. The van der Waals surface area contributed by atoms with Crippen LogP contribution >= 0.6 is 0 Å². The minimum Gasteiger partial charge on any atom is -0.391 e. The Morgan fingerprint density at radius 2 is 1.86 bits per heavy atom. The number of fused-ring (bicyclic) bond motifs is 1. The highest BCUT2D eigenvalue weighted by atomic mass is 16.3. The summed E-state index contributed by atoms with van der Waals surface area (Å²) in [5, 5.41) is 9.57. The Labute approximate surface area is 128 Å². The number of hydrogen-bond acceptors (Lipinski definition) is 3. The van der Waals surface area contributed by atoms with Gasteiger partial charge in [0.1, 0.15) is 5.82 Å². The van der Waals surface area contributed by atoms with Gasteiger partial charge in [-0.25, -0.2) is 9.83 Å². The minimum absolute atomic E-state index is 0.534. The average Bonchev–Trinajstić information content (AvgIpc) is 2.97. The monoisotopic (exact) mass is 292 g/mol. The number of benzene rings is 2. The third-order valence-corrected chi connectivity index (χ3v) is 3.67. The topological polar surface area (TPSA) is 79.3 Å². The molecule has 0 aliphatic rings. The van der Waals surface area contributed by atoms with Crippen molar-refractivity contribution < 1.29 is 5.11 Å². The first-order chi connectivity index (χ1) is 10.6. The summed E-state index contributed by atoms with van der Waals surface area (Å²) in [4.78, 5) is 11.0. The van der Waals surface area contributed by atoms with Crippen LogP contribution in [0.3, 0.4) is 0 Å². The zero-order valence-electron chi connectivity index (χ0n) is 12.1. The molecule has 110 valence electrons. The lowest BCUT2D eigenvalue weighted by molar-refractivity contribution is 0.161. The van der Waals surface area contributed by atoms with E-state index in [2.05, 4.69) is 14.8 Å². The lowest BCUT2D eigenvalue weighted by Gasteiger charge is -2.10. The van der Waals surface area contributed by atoms with Crippen LogP contribution in [0.4, 0.5) is 5.69 Å². The van der Waals surface area contributed by atoms with Crippen molar-refractivity contribution in [2.75, 3.05) is 0 Å². The number of nitrogens with one attached hydrogen (secondary N) is 1. The van der Waals surface area contributed by atoms with Gasteiger partial charge in [0, 0.05) is 0 Å². The first kappa shape index (κ1) is 14.3. The Bertz CT molecular complexity index is 843. The molecule has 1 heterocycles. The Morgan fingerprint density at radius 1 is 1.18 bits per heavy atom. The molecule has 22 heavy (non-hydrogen) atoms. The average molecular weight is 292 g/mol. The molecular weight excluding hydrogens is 276 g/mol. The van der Waals surface area contributed by atoms with Crippen LogP contribution in [-0.4, -0.2) is 21.2 Å². The molecule has 2 aromatic carbocycles. The van der Waals surface area contributed by atoms with Crippen LogP contribution in [0.2, 0.25) is 0 Å². The molecule has 0 amide bonds. The molecule has 0 saturated carbocycles. The van der Waals surface area contributed by atoms with Crippen molar-refractivity contribution in [2.24, 2.45) is 5.73 Å². The van der Waals surface area contributed by atoms with E-state index in [0.717, 1.165) is 22.2 Å². The van der Waals surface area contributed by atoms with Gasteiger partial charge in [-0.1, -0.05) is 30.3 Å². The van der Waals surface area contributed by atoms with Crippen LogP contribution < -0.4 is 5.73 Å². The highest BCUT2D eigenvalue weighted by Crippen LogP contribution is 2.26. The molecule has 5 heteroatoms. The molecule has 2 atom stereocenters. The predicted octanol–water partition coefficient (Wildman–Crippen LogP) is 3.16. The normalized spacial score (nSPS) is 13.7. The second-order valence-corrected chi connectivity index (χ2v) is 5.28. The van der Waals surface area contributed by atoms with E-state index in [1.807, 2.05) is 30.3 Å². The molecule has 4 N–H and O–H groups in total. The van der Waals surface area contributed by atoms with Gasteiger partial charge in [0.25, 0.3) is 0 Å². The number of nitrogens with two attached hydrogens (primary N) is 1. The summed E-state index contributed by atoms with van der Waals surface area (Å²) in [7, 11) is 0. The maximum Gasteiger partial charge on any atom is 0.187 e. The molecule has 0 bridgehead atoms. The van der Waals surface area contributed by atoms with Crippen molar-refractivity contribution in [3.8, 4) is 11.1 Å². The third kappa shape index (κ3) is 2.58. The smallest absolute Gasteiger partial charge is 0.187 e. The Balaban J connectivity index is 2.00. The van der Waals surface area contributed by atoms with Crippen molar-refractivity contribution in [2.45, 2.75) is 19.1 Å². The summed E-state index contributed by atoms with van der Waals surface area (Å²) < 4.78 is 0. The summed E-state index contributed by atoms with van der Waals surface area (Å²) in [5.74, 6) is 0.575. The van der Waals surface area contributed by atoms with Crippen molar-refractivity contribution in [1.82, 2.24) is 9.97 Å². The van der Waals surface area contributed by atoms with Gasteiger partial charge in [-0.2, -0.15) is 0 Å². The minimum atomic E-state index is -0.666. The van der Waals surface area contributed by atoms with Gasteiger partial charge in [0.05, 0.1) is 29.8 Å². The largest absolute Gasteiger partial charge is 0.391 e. The maximum atomic E-state index is 9.57. The number of aromatic amines is 1. The second-order valence-electron chi connectivity index (χ2n) is 5.28. The zero-order valence-corrected chi connectivity index (χ0v) is 12.1. The van der Waals surface area contributed by atoms with Gasteiger partial charge in [-0.05, 0) is 30.2 Å².